The van der Waals surface area contributed by atoms with Crippen molar-refractivity contribution in [2.24, 2.45) is 0 Å². The van der Waals surface area contributed by atoms with Crippen molar-refractivity contribution in [1.29, 1.82) is 5.26 Å². The Balaban J connectivity index is 1.51. The number of nitrogens with zero attached hydrogens (tertiary/aromatic N) is 1. The summed E-state index contributed by atoms with van der Waals surface area (Å²) >= 11 is 0. The van der Waals surface area contributed by atoms with Gasteiger partial charge < -0.3 is 0 Å². The van der Waals surface area contributed by atoms with E-state index in [9.17, 15) is 0 Å². The molecule has 0 aromatic heterocycles. The van der Waals surface area contributed by atoms with Crippen LogP contribution in [0.5, 0.6) is 0 Å². The van der Waals surface area contributed by atoms with Crippen molar-refractivity contribution >= 4 is 10.8 Å². The minimum atomic E-state index is -0.0518. The molecule has 0 fully saturated rings. The van der Waals surface area contributed by atoms with Gasteiger partial charge in [-0.15, -0.1) is 0 Å². The van der Waals surface area contributed by atoms with E-state index in [0.29, 0.717) is 5.56 Å². The maximum atomic E-state index is 15.4. The molecule has 1 atom stereocenters. The van der Waals surface area contributed by atoms with Crippen LogP contribution in [0.3, 0.4) is 0 Å². The largest absolute Gasteiger partial charge is 0.206 e. The number of fused-ring (bicyclic) bond motifs is 2. The van der Waals surface area contributed by atoms with Gasteiger partial charge in [0, 0.05) is 5.39 Å². The van der Waals surface area contributed by atoms with Crippen LogP contribution in [0.2, 0.25) is 0 Å². The van der Waals surface area contributed by atoms with E-state index in [0.717, 1.165) is 42.0 Å². The minimum Gasteiger partial charge on any atom is -0.206 e. The lowest BCUT2D eigenvalue weighted by molar-refractivity contribution is 0.539. The summed E-state index contributed by atoms with van der Waals surface area (Å²) in [5, 5.41) is 10.9. The van der Waals surface area contributed by atoms with Gasteiger partial charge in [0.1, 0.15) is 5.82 Å². The van der Waals surface area contributed by atoms with Crippen LogP contribution >= 0.6 is 0 Å². The van der Waals surface area contributed by atoms with Gasteiger partial charge in [0.15, 0.2) is 0 Å². The molecule has 0 N–H and O–H groups in total. The molecule has 1 aliphatic carbocycles. The Bertz CT molecular complexity index is 1080. The van der Waals surface area contributed by atoms with Crippen molar-refractivity contribution < 1.29 is 4.39 Å². The molecule has 1 unspecified atom stereocenters. The van der Waals surface area contributed by atoms with Gasteiger partial charge in [0.05, 0.1) is 11.6 Å². The highest BCUT2D eigenvalue weighted by molar-refractivity contribution is 5.84. The molecule has 0 heterocycles. The van der Waals surface area contributed by atoms with Crippen LogP contribution in [0.1, 0.15) is 79.2 Å². The first-order valence-electron chi connectivity index (χ1n) is 11.4. The molecule has 154 valence electrons. The van der Waals surface area contributed by atoms with Crippen LogP contribution in [0.4, 0.5) is 4.39 Å². The zero-order valence-electron chi connectivity index (χ0n) is 17.9. The molecule has 2 heteroatoms. The van der Waals surface area contributed by atoms with Gasteiger partial charge in [-0.05, 0) is 77.8 Å². The van der Waals surface area contributed by atoms with E-state index >= 15 is 4.39 Å². The second-order valence-electron chi connectivity index (χ2n) is 8.72. The highest BCUT2D eigenvalue weighted by Gasteiger charge is 2.23. The number of hydrogen-bond acceptors (Lipinski definition) is 1. The summed E-state index contributed by atoms with van der Waals surface area (Å²) in [5.41, 5.74) is 5.36. The number of hydrogen-bond donors (Lipinski definition) is 0. The first-order valence-corrected chi connectivity index (χ1v) is 11.4. The summed E-state index contributed by atoms with van der Waals surface area (Å²) in [4.78, 5) is 0. The van der Waals surface area contributed by atoms with Gasteiger partial charge in [-0.1, -0.05) is 69.0 Å². The van der Waals surface area contributed by atoms with Gasteiger partial charge in [0.2, 0.25) is 0 Å². The summed E-state index contributed by atoms with van der Waals surface area (Å²) in [6.07, 6.45) is 10.1. The second kappa shape index (κ2) is 9.43. The Labute approximate surface area is 179 Å². The van der Waals surface area contributed by atoms with E-state index < -0.39 is 0 Å². The first-order chi connectivity index (χ1) is 14.7. The van der Waals surface area contributed by atoms with E-state index in [2.05, 4.69) is 31.2 Å². The Morgan fingerprint density at radius 2 is 1.83 bits per heavy atom. The van der Waals surface area contributed by atoms with Gasteiger partial charge >= 0.3 is 0 Å². The number of aryl methyl sites for hydroxylation is 2. The third-order valence-corrected chi connectivity index (χ3v) is 6.62. The zero-order valence-corrected chi connectivity index (χ0v) is 17.9. The van der Waals surface area contributed by atoms with Crippen molar-refractivity contribution in [3.8, 4) is 6.07 Å². The SMILES string of the molecule is CCCCCCCc1ccc2c(F)c(C3CCc4cc(C#N)ccc4C3)ccc2c1. The van der Waals surface area contributed by atoms with Gasteiger partial charge in [-0.3, -0.25) is 0 Å². The predicted octanol–water partition coefficient (Wildman–Crippen LogP) is 7.64. The lowest BCUT2D eigenvalue weighted by Gasteiger charge is -2.26. The molecule has 1 nitrogen and oxygen atoms in total. The van der Waals surface area contributed by atoms with Crippen LogP contribution in [-0.4, -0.2) is 0 Å². The number of nitriles is 1. The number of benzene rings is 3. The van der Waals surface area contributed by atoms with E-state index in [4.69, 9.17) is 5.26 Å². The zero-order chi connectivity index (χ0) is 20.9. The second-order valence-corrected chi connectivity index (χ2v) is 8.72. The van der Waals surface area contributed by atoms with Crippen molar-refractivity contribution in [3.63, 3.8) is 0 Å². The standard InChI is InChI=1S/C28H30FN/c1-2-3-4-5-6-7-20-9-14-26-24(16-20)13-15-27(28(26)29)25-12-11-22-17-21(19-30)8-10-23(22)18-25/h8-10,13-17,25H,2-7,11-12,18H2,1H3. The summed E-state index contributed by atoms with van der Waals surface area (Å²) in [6.45, 7) is 2.24. The third-order valence-electron chi connectivity index (χ3n) is 6.62. The van der Waals surface area contributed by atoms with Crippen LogP contribution in [0, 0.1) is 17.1 Å². The first kappa shape index (κ1) is 20.6. The van der Waals surface area contributed by atoms with Crippen molar-refractivity contribution in [1.82, 2.24) is 0 Å². The van der Waals surface area contributed by atoms with Crippen molar-refractivity contribution in [2.45, 2.75) is 70.6 Å². The van der Waals surface area contributed by atoms with E-state index in [1.54, 1.807) is 0 Å². The molecule has 0 amide bonds. The highest BCUT2D eigenvalue weighted by atomic mass is 19.1. The molecule has 3 aromatic carbocycles. The van der Waals surface area contributed by atoms with Crippen LogP contribution in [0.15, 0.2) is 48.5 Å². The highest BCUT2D eigenvalue weighted by Crippen LogP contribution is 2.36. The number of rotatable bonds is 7. The lowest BCUT2D eigenvalue weighted by atomic mass is 9.79. The Morgan fingerprint density at radius 1 is 0.967 bits per heavy atom. The smallest absolute Gasteiger partial charge is 0.134 e. The number of halogens is 1. The molecular formula is C28H30FN. The molecule has 1 aliphatic rings. The molecule has 0 aliphatic heterocycles. The topological polar surface area (TPSA) is 23.8 Å². The summed E-state index contributed by atoms with van der Waals surface area (Å²) in [6, 6.07) is 18.5. The molecule has 3 aromatic rings. The minimum absolute atomic E-state index is 0.0518. The molecular weight excluding hydrogens is 369 g/mol. The van der Waals surface area contributed by atoms with Crippen LogP contribution in [0.25, 0.3) is 10.8 Å². The monoisotopic (exact) mass is 399 g/mol. The third kappa shape index (κ3) is 4.41. The molecule has 0 saturated carbocycles. The van der Waals surface area contributed by atoms with E-state index in [-0.39, 0.29) is 11.7 Å². The molecule has 0 bridgehead atoms. The Morgan fingerprint density at radius 3 is 2.67 bits per heavy atom. The van der Waals surface area contributed by atoms with Gasteiger partial charge in [-0.25, -0.2) is 4.39 Å². The molecule has 4 rings (SSSR count). The summed E-state index contributed by atoms with van der Waals surface area (Å²) in [5.74, 6) is 0.150. The Hall–Kier alpha value is -2.66. The van der Waals surface area contributed by atoms with E-state index in [1.165, 1.54) is 48.8 Å². The predicted molar refractivity (Wildman–Crippen MR) is 122 cm³/mol. The van der Waals surface area contributed by atoms with Gasteiger partial charge in [-0.2, -0.15) is 5.26 Å². The molecule has 0 radical (unpaired) electrons. The van der Waals surface area contributed by atoms with E-state index in [1.807, 2.05) is 30.3 Å². The average Bonchev–Trinajstić information content (AvgIpc) is 2.78. The quantitative estimate of drug-likeness (QED) is 0.375. The Kier molecular flexibility index (Phi) is 6.48. The molecule has 0 spiro atoms. The van der Waals surface area contributed by atoms with Gasteiger partial charge in [0.25, 0.3) is 0 Å². The summed E-state index contributed by atoms with van der Waals surface area (Å²) in [7, 11) is 0. The van der Waals surface area contributed by atoms with Crippen molar-refractivity contribution in [3.05, 3.63) is 82.2 Å². The lowest BCUT2D eigenvalue weighted by Crippen LogP contribution is -2.14. The molecule has 30 heavy (non-hydrogen) atoms. The normalized spacial score (nSPS) is 15.7. The molecule has 0 saturated heterocycles. The fraction of sp³-hybridized carbons (Fsp3) is 0.393. The fourth-order valence-electron chi connectivity index (χ4n) is 4.85. The van der Waals surface area contributed by atoms with Crippen LogP contribution in [-0.2, 0) is 19.3 Å². The number of unbranched alkanes of at least 4 members (excludes halogenated alkanes) is 4. The summed E-state index contributed by atoms with van der Waals surface area (Å²) < 4.78 is 15.4. The maximum Gasteiger partial charge on any atom is 0.134 e. The maximum absolute atomic E-state index is 15.4. The van der Waals surface area contributed by atoms with Crippen molar-refractivity contribution in [2.75, 3.05) is 0 Å². The fourth-order valence-corrected chi connectivity index (χ4v) is 4.85. The average molecular weight is 400 g/mol. The van der Waals surface area contributed by atoms with Crippen LogP contribution < -0.4 is 0 Å².